The second-order valence-corrected chi connectivity index (χ2v) is 4.31. The molecule has 3 N–H and O–H groups in total. The number of nitrogens with one attached hydrogen (secondary N) is 1. The van der Waals surface area contributed by atoms with E-state index in [0.29, 0.717) is 31.0 Å². The maximum absolute atomic E-state index is 11.7. The third kappa shape index (κ3) is 5.01. The van der Waals surface area contributed by atoms with Gasteiger partial charge in [-0.3, -0.25) is 4.79 Å². The average Bonchev–Trinajstić information content (AvgIpc) is 2.27. The van der Waals surface area contributed by atoms with Crippen molar-refractivity contribution in [2.45, 2.75) is 0 Å². The van der Waals surface area contributed by atoms with Crippen molar-refractivity contribution in [3.8, 4) is 0 Å². The third-order valence-electron chi connectivity index (χ3n) is 1.95. The first-order valence-electron chi connectivity index (χ1n) is 5.16. The molecule has 0 radical (unpaired) electrons. The van der Waals surface area contributed by atoms with Crippen LogP contribution < -0.4 is 11.1 Å². The highest BCUT2D eigenvalue weighted by Crippen LogP contribution is 2.17. The number of nitrogens with two attached hydrogens (primary N) is 1. The number of amides is 1. The van der Waals surface area contributed by atoms with Crippen LogP contribution in [0.3, 0.4) is 0 Å². The van der Waals surface area contributed by atoms with Crippen LogP contribution in [0.25, 0.3) is 0 Å². The molecule has 0 unspecified atom stereocenters. The third-order valence-corrected chi connectivity index (χ3v) is 2.41. The van der Waals surface area contributed by atoms with Crippen LogP contribution in [0.1, 0.15) is 10.4 Å². The first-order valence-corrected chi connectivity index (χ1v) is 5.95. The second-order valence-electron chi connectivity index (χ2n) is 3.39. The van der Waals surface area contributed by atoms with Crippen molar-refractivity contribution < 1.29 is 9.53 Å². The van der Waals surface area contributed by atoms with Crippen LogP contribution >= 0.6 is 15.9 Å². The molecule has 0 fully saturated rings. The standard InChI is InChI=1S/C12H15BrN2O2/c1-2-4-17-5-3-15-12(16)9-6-10(13)8-11(14)7-9/h2,6-8H,1,3-5,14H2,(H,15,16). The highest BCUT2D eigenvalue weighted by molar-refractivity contribution is 9.10. The van der Waals surface area contributed by atoms with Gasteiger partial charge in [0.2, 0.25) is 0 Å². The molecule has 0 aliphatic rings. The molecule has 0 heterocycles. The number of rotatable bonds is 6. The molecule has 92 valence electrons. The predicted molar refractivity (Wildman–Crippen MR) is 71.9 cm³/mol. The molecule has 5 heteroatoms. The Balaban J connectivity index is 2.44. The largest absolute Gasteiger partial charge is 0.399 e. The molecule has 0 saturated heterocycles. The monoisotopic (exact) mass is 298 g/mol. The summed E-state index contributed by atoms with van der Waals surface area (Å²) in [4.78, 5) is 11.7. The Kier molecular flexibility index (Phi) is 5.72. The Labute approximate surface area is 109 Å². The Morgan fingerprint density at radius 2 is 2.29 bits per heavy atom. The molecule has 0 bridgehead atoms. The zero-order valence-corrected chi connectivity index (χ0v) is 11.0. The van der Waals surface area contributed by atoms with Crippen molar-refractivity contribution in [2.75, 3.05) is 25.5 Å². The minimum Gasteiger partial charge on any atom is -0.399 e. The minimum atomic E-state index is -0.166. The van der Waals surface area contributed by atoms with Crippen LogP contribution in [0, 0.1) is 0 Å². The van der Waals surface area contributed by atoms with Gasteiger partial charge >= 0.3 is 0 Å². The summed E-state index contributed by atoms with van der Waals surface area (Å²) in [7, 11) is 0. The van der Waals surface area contributed by atoms with E-state index in [4.69, 9.17) is 10.5 Å². The van der Waals surface area contributed by atoms with Crippen molar-refractivity contribution in [1.82, 2.24) is 5.32 Å². The van der Waals surface area contributed by atoms with E-state index in [1.54, 1.807) is 24.3 Å². The molecule has 0 aliphatic carbocycles. The van der Waals surface area contributed by atoms with Gasteiger partial charge in [0.05, 0.1) is 13.2 Å². The molecule has 0 spiro atoms. The number of hydrogen-bond donors (Lipinski definition) is 2. The molecule has 1 rings (SSSR count). The quantitative estimate of drug-likeness (QED) is 0.479. The Morgan fingerprint density at radius 1 is 1.53 bits per heavy atom. The lowest BCUT2D eigenvalue weighted by molar-refractivity contribution is 0.0928. The van der Waals surface area contributed by atoms with Gasteiger partial charge in [-0.1, -0.05) is 22.0 Å². The van der Waals surface area contributed by atoms with Gasteiger partial charge in [0.15, 0.2) is 0 Å². The molecule has 0 atom stereocenters. The van der Waals surface area contributed by atoms with E-state index in [-0.39, 0.29) is 5.91 Å². The van der Waals surface area contributed by atoms with Gasteiger partial charge in [0.1, 0.15) is 0 Å². The number of carbonyl (C=O) groups excluding carboxylic acids is 1. The molecular weight excluding hydrogens is 284 g/mol. The van der Waals surface area contributed by atoms with Crippen molar-refractivity contribution in [1.29, 1.82) is 0 Å². The summed E-state index contributed by atoms with van der Waals surface area (Å²) >= 11 is 3.29. The smallest absolute Gasteiger partial charge is 0.251 e. The van der Waals surface area contributed by atoms with E-state index in [1.807, 2.05) is 0 Å². The fourth-order valence-electron chi connectivity index (χ4n) is 1.25. The van der Waals surface area contributed by atoms with E-state index in [0.717, 1.165) is 4.47 Å². The number of anilines is 1. The van der Waals surface area contributed by atoms with Crippen LogP contribution in [-0.4, -0.2) is 25.7 Å². The van der Waals surface area contributed by atoms with Crippen molar-refractivity contribution >= 4 is 27.5 Å². The van der Waals surface area contributed by atoms with Crippen LogP contribution in [0.5, 0.6) is 0 Å². The highest BCUT2D eigenvalue weighted by Gasteiger charge is 2.06. The van der Waals surface area contributed by atoms with E-state index in [9.17, 15) is 4.79 Å². The summed E-state index contributed by atoms with van der Waals surface area (Å²) in [5, 5.41) is 2.74. The van der Waals surface area contributed by atoms with Crippen LogP contribution in [0.4, 0.5) is 5.69 Å². The van der Waals surface area contributed by atoms with Gasteiger partial charge in [-0.05, 0) is 18.2 Å². The summed E-state index contributed by atoms with van der Waals surface area (Å²) in [6.07, 6.45) is 1.66. The molecule has 0 aromatic heterocycles. The molecule has 17 heavy (non-hydrogen) atoms. The fraction of sp³-hybridized carbons (Fsp3) is 0.250. The first kappa shape index (κ1) is 13.7. The van der Waals surface area contributed by atoms with Gasteiger partial charge in [-0.15, -0.1) is 6.58 Å². The first-order chi connectivity index (χ1) is 8.13. The summed E-state index contributed by atoms with van der Waals surface area (Å²) < 4.78 is 5.93. The van der Waals surface area contributed by atoms with Crippen LogP contribution in [0.15, 0.2) is 35.3 Å². The number of halogens is 1. The van der Waals surface area contributed by atoms with E-state index in [2.05, 4.69) is 27.8 Å². The molecule has 1 amide bonds. The molecular formula is C12H15BrN2O2. The molecule has 1 aromatic carbocycles. The van der Waals surface area contributed by atoms with Crippen molar-refractivity contribution in [3.05, 3.63) is 40.9 Å². The highest BCUT2D eigenvalue weighted by atomic mass is 79.9. The number of hydrogen-bond acceptors (Lipinski definition) is 3. The molecule has 0 saturated carbocycles. The van der Waals surface area contributed by atoms with E-state index >= 15 is 0 Å². The topological polar surface area (TPSA) is 64.3 Å². The molecule has 1 aromatic rings. The lowest BCUT2D eigenvalue weighted by Crippen LogP contribution is -2.27. The fourth-order valence-corrected chi connectivity index (χ4v) is 1.76. The summed E-state index contributed by atoms with van der Waals surface area (Å²) in [5.41, 5.74) is 6.72. The summed E-state index contributed by atoms with van der Waals surface area (Å²) in [6.45, 7) is 4.93. The van der Waals surface area contributed by atoms with Crippen LogP contribution in [0.2, 0.25) is 0 Å². The normalized spacial score (nSPS) is 9.94. The van der Waals surface area contributed by atoms with Gasteiger partial charge < -0.3 is 15.8 Å². The van der Waals surface area contributed by atoms with Gasteiger partial charge in [0.25, 0.3) is 5.91 Å². The number of nitrogen functional groups attached to an aromatic ring is 1. The zero-order chi connectivity index (χ0) is 12.7. The average molecular weight is 299 g/mol. The zero-order valence-electron chi connectivity index (χ0n) is 9.41. The van der Waals surface area contributed by atoms with E-state index < -0.39 is 0 Å². The SMILES string of the molecule is C=CCOCCNC(=O)c1cc(N)cc(Br)c1. The van der Waals surface area contributed by atoms with E-state index in [1.165, 1.54) is 0 Å². The van der Waals surface area contributed by atoms with Crippen LogP contribution in [-0.2, 0) is 4.74 Å². The summed E-state index contributed by atoms with van der Waals surface area (Å²) in [5.74, 6) is -0.166. The van der Waals surface area contributed by atoms with Gasteiger partial charge in [-0.2, -0.15) is 0 Å². The summed E-state index contributed by atoms with van der Waals surface area (Å²) in [6, 6.07) is 5.09. The lowest BCUT2D eigenvalue weighted by Gasteiger charge is -2.06. The maximum atomic E-state index is 11.7. The number of benzene rings is 1. The number of carbonyl (C=O) groups is 1. The Bertz CT molecular complexity index is 387. The predicted octanol–water partition coefficient (Wildman–Crippen LogP) is 1.96. The Hall–Kier alpha value is -1.33. The Morgan fingerprint density at radius 3 is 2.94 bits per heavy atom. The number of ether oxygens (including phenoxy) is 1. The van der Waals surface area contributed by atoms with Gasteiger partial charge in [0, 0.05) is 22.3 Å². The van der Waals surface area contributed by atoms with Gasteiger partial charge in [-0.25, -0.2) is 0 Å². The minimum absolute atomic E-state index is 0.166. The lowest BCUT2D eigenvalue weighted by atomic mass is 10.2. The van der Waals surface area contributed by atoms with Crippen molar-refractivity contribution in [3.63, 3.8) is 0 Å². The second kappa shape index (κ2) is 7.09. The maximum Gasteiger partial charge on any atom is 0.251 e. The molecule has 4 nitrogen and oxygen atoms in total. The van der Waals surface area contributed by atoms with Crippen molar-refractivity contribution in [2.24, 2.45) is 0 Å². The molecule has 0 aliphatic heterocycles.